The molecule has 0 saturated carbocycles. The van der Waals surface area contributed by atoms with Gasteiger partial charge in [-0.05, 0) is 90.5 Å². The minimum atomic E-state index is -0.448. The maximum Gasteiger partial charge on any atom is 0.354 e. The van der Waals surface area contributed by atoms with Crippen LogP contribution >= 0.6 is 39.3 Å². The van der Waals surface area contributed by atoms with E-state index in [1.54, 1.807) is 32.0 Å². The van der Waals surface area contributed by atoms with Crippen LogP contribution in [0.15, 0.2) is 77.7 Å². The minimum Gasteiger partial charge on any atom is -0.497 e. The molecule has 8 rings (SSSR count). The van der Waals surface area contributed by atoms with E-state index < -0.39 is 5.97 Å². The van der Waals surface area contributed by atoms with Gasteiger partial charge in [-0.25, -0.2) is 9.18 Å². The molecule has 0 saturated heterocycles. The molecule has 12 nitrogen and oxygen atoms in total. The molecule has 0 aliphatic carbocycles. The van der Waals surface area contributed by atoms with Crippen LogP contribution in [-0.4, -0.2) is 82.7 Å². The van der Waals surface area contributed by atoms with E-state index in [-0.39, 0.29) is 5.82 Å². The van der Waals surface area contributed by atoms with E-state index in [9.17, 15) is 9.18 Å². The lowest BCUT2D eigenvalue weighted by Gasteiger charge is -2.21. The van der Waals surface area contributed by atoms with Gasteiger partial charge in [0.05, 0.1) is 64.3 Å². The van der Waals surface area contributed by atoms with Crippen molar-refractivity contribution in [1.29, 1.82) is 0 Å². The zero-order valence-electron chi connectivity index (χ0n) is 36.6. The minimum absolute atomic E-state index is 0.311. The number of nitrogens with zero attached hydrogens (tertiary/aromatic N) is 6. The Kier molecular flexibility index (Phi) is 14.6. The lowest BCUT2D eigenvalue weighted by atomic mass is 9.96. The Bertz CT molecular complexity index is 2790. The normalized spacial score (nSPS) is 12.7. The van der Waals surface area contributed by atoms with Crippen molar-refractivity contribution in [2.45, 2.75) is 62.1 Å². The Balaban J connectivity index is 1.11. The molecule has 0 atom stereocenters. The number of fused-ring (bicyclic) bond motifs is 3. The summed E-state index contributed by atoms with van der Waals surface area (Å²) in [7, 11) is 6.70. The maximum absolute atomic E-state index is 14.5. The highest BCUT2D eigenvalue weighted by atomic mass is 79.9. The highest BCUT2D eigenvalue weighted by Crippen LogP contribution is 2.44. The fourth-order valence-electron chi connectivity index (χ4n) is 8.48. The van der Waals surface area contributed by atoms with Gasteiger partial charge in [-0.3, -0.25) is 14.3 Å². The largest absolute Gasteiger partial charge is 0.497 e. The topological polar surface area (TPSA) is 107 Å². The molecule has 7 aromatic rings. The molecule has 16 heteroatoms. The molecule has 1 aliphatic heterocycles. The molecule has 4 heterocycles. The number of aryl methyl sites for hydroxylation is 3. The molecule has 64 heavy (non-hydrogen) atoms. The third-order valence-corrected chi connectivity index (χ3v) is 13.5. The number of hydrogen-bond acceptors (Lipinski definition) is 10. The molecule has 336 valence electrons. The van der Waals surface area contributed by atoms with Crippen molar-refractivity contribution in [2.75, 3.05) is 47.7 Å². The standard InChI is InChI=1S/C48H51BrClFN6O6S/c1-30-44-41(14-13-39(50)45(44)46-40(53-57-17-20-62-28-42(46)57)27-55(16-19-59-3)26-34-23-35(25-49)54(2)52-34)56(47(30)48(58)61-5)15-6-18-63-43-24-37(22-32-21-33(51)9-12-38(32)43)64-29-31-7-10-36(60-4)11-8-31/h7-14,21-24H,6,15-20,25-29H2,1-5H3. The van der Waals surface area contributed by atoms with E-state index in [2.05, 4.69) is 26.9 Å². The number of benzene rings is 4. The average Bonchev–Trinajstić information content (AvgIpc) is 3.94. The van der Waals surface area contributed by atoms with Crippen molar-refractivity contribution in [3.05, 3.63) is 123 Å². The zero-order valence-corrected chi connectivity index (χ0v) is 39.7. The molecular formula is C48H51BrClFN6O6S. The molecule has 4 aromatic carbocycles. The molecule has 0 fully saturated rings. The highest BCUT2D eigenvalue weighted by Gasteiger charge is 2.30. The second kappa shape index (κ2) is 20.5. The lowest BCUT2D eigenvalue weighted by molar-refractivity contribution is 0.0587. The number of hydrogen-bond donors (Lipinski definition) is 0. The highest BCUT2D eigenvalue weighted by molar-refractivity contribution is 9.08. The van der Waals surface area contributed by atoms with Gasteiger partial charge in [-0.2, -0.15) is 10.2 Å². The first-order chi connectivity index (χ1) is 31.1. The van der Waals surface area contributed by atoms with Gasteiger partial charge in [-0.15, -0.1) is 11.8 Å². The van der Waals surface area contributed by atoms with E-state index in [0.29, 0.717) is 87.4 Å². The molecule has 0 N–H and O–H groups in total. The van der Waals surface area contributed by atoms with Crippen molar-refractivity contribution < 1.29 is 32.9 Å². The predicted octanol–water partition coefficient (Wildman–Crippen LogP) is 10.1. The van der Waals surface area contributed by atoms with Gasteiger partial charge in [0.15, 0.2) is 0 Å². The van der Waals surface area contributed by atoms with Crippen LogP contribution in [0.5, 0.6) is 11.5 Å². The summed E-state index contributed by atoms with van der Waals surface area (Å²) in [6, 6.07) is 22.7. The molecule has 3 aromatic heterocycles. The van der Waals surface area contributed by atoms with Gasteiger partial charge in [0.25, 0.3) is 0 Å². The second-order valence-electron chi connectivity index (χ2n) is 15.7. The van der Waals surface area contributed by atoms with Crippen molar-refractivity contribution in [3.8, 4) is 22.6 Å². The van der Waals surface area contributed by atoms with E-state index >= 15 is 0 Å². The van der Waals surface area contributed by atoms with Crippen molar-refractivity contribution in [2.24, 2.45) is 7.05 Å². The smallest absolute Gasteiger partial charge is 0.354 e. The fourth-order valence-corrected chi connectivity index (χ4v) is 10.2. The molecule has 0 amide bonds. The summed E-state index contributed by atoms with van der Waals surface area (Å²) in [4.78, 5) is 17.0. The van der Waals surface area contributed by atoms with Gasteiger partial charge in [0.2, 0.25) is 0 Å². The van der Waals surface area contributed by atoms with Crippen LogP contribution in [-0.2, 0) is 65.1 Å². The summed E-state index contributed by atoms with van der Waals surface area (Å²) in [5.41, 5.74) is 8.67. The van der Waals surface area contributed by atoms with Crippen LogP contribution in [0, 0.1) is 12.7 Å². The first-order valence-electron chi connectivity index (χ1n) is 21.1. The number of carbonyl (C=O) groups is 1. The number of ether oxygens (including phenoxy) is 5. The third-order valence-electron chi connectivity index (χ3n) is 11.6. The van der Waals surface area contributed by atoms with Gasteiger partial charge < -0.3 is 28.3 Å². The summed E-state index contributed by atoms with van der Waals surface area (Å²) in [6.07, 6.45) is 0.554. The number of rotatable bonds is 19. The van der Waals surface area contributed by atoms with Crippen LogP contribution in [0.1, 0.15) is 50.8 Å². The van der Waals surface area contributed by atoms with Crippen molar-refractivity contribution in [1.82, 2.24) is 29.0 Å². The Morgan fingerprint density at radius 2 is 1.83 bits per heavy atom. The van der Waals surface area contributed by atoms with E-state index in [4.69, 9.17) is 45.5 Å². The molecule has 0 radical (unpaired) electrons. The number of halogens is 3. The lowest BCUT2D eigenvalue weighted by Crippen LogP contribution is -2.27. The SMILES string of the molecule is COCCN(Cc1cc(CBr)n(C)n1)Cc1nn2c(c1-c1c(Cl)ccc3c1c(C)c(C(=O)OC)n3CCCOc1cc(SCc3ccc(OC)cc3)cc3cc(F)ccc13)COCC2. The molecule has 0 spiro atoms. The zero-order chi connectivity index (χ0) is 44.9. The summed E-state index contributed by atoms with van der Waals surface area (Å²) >= 11 is 12.5. The third kappa shape index (κ3) is 9.70. The Labute approximate surface area is 389 Å². The van der Waals surface area contributed by atoms with Crippen LogP contribution in [0.2, 0.25) is 5.02 Å². The van der Waals surface area contributed by atoms with Crippen LogP contribution in [0.4, 0.5) is 4.39 Å². The average molecular weight is 974 g/mol. The number of aromatic nitrogens is 5. The molecule has 0 bridgehead atoms. The van der Waals surface area contributed by atoms with Gasteiger partial charge >= 0.3 is 5.97 Å². The summed E-state index contributed by atoms with van der Waals surface area (Å²) < 4.78 is 49.2. The van der Waals surface area contributed by atoms with Gasteiger partial charge in [0.1, 0.15) is 23.0 Å². The number of esters is 1. The molecular weight excluding hydrogens is 923 g/mol. The maximum atomic E-state index is 14.5. The van der Waals surface area contributed by atoms with Crippen molar-refractivity contribution in [3.63, 3.8) is 0 Å². The first-order valence-corrected chi connectivity index (χ1v) is 23.6. The predicted molar refractivity (Wildman–Crippen MR) is 252 cm³/mol. The first kappa shape index (κ1) is 45.7. The van der Waals surface area contributed by atoms with Crippen molar-refractivity contribution >= 4 is 66.9 Å². The van der Waals surface area contributed by atoms with Gasteiger partial charge in [0, 0.05) is 94.4 Å². The van der Waals surface area contributed by atoms with Crippen LogP contribution in [0.25, 0.3) is 32.8 Å². The van der Waals surface area contributed by atoms with Crippen LogP contribution in [0.3, 0.4) is 0 Å². The quantitative estimate of drug-likeness (QED) is 0.0337. The summed E-state index contributed by atoms with van der Waals surface area (Å²) in [5, 5.41) is 13.6. The monoisotopic (exact) mass is 972 g/mol. The number of alkyl halides is 1. The van der Waals surface area contributed by atoms with E-state index in [1.165, 1.54) is 19.2 Å². The number of carbonyl (C=O) groups excluding carboxylic acids is 1. The molecule has 0 unspecified atom stereocenters. The number of methoxy groups -OCH3 is 3. The second-order valence-corrected chi connectivity index (χ2v) is 17.7. The summed E-state index contributed by atoms with van der Waals surface area (Å²) in [5.74, 6) is 1.43. The fraction of sp³-hybridized carbons (Fsp3) is 0.354. The van der Waals surface area contributed by atoms with Crippen LogP contribution < -0.4 is 9.47 Å². The van der Waals surface area contributed by atoms with E-state index in [1.807, 2.05) is 76.4 Å². The Morgan fingerprint density at radius 1 is 1.00 bits per heavy atom. The summed E-state index contributed by atoms with van der Waals surface area (Å²) in [6.45, 7) is 6.50. The Hall–Kier alpha value is -4.90. The van der Waals surface area contributed by atoms with Gasteiger partial charge in [-0.1, -0.05) is 39.7 Å². The Morgan fingerprint density at radius 3 is 2.58 bits per heavy atom. The molecule has 1 aliphatic rings. The number of thioether (sulfide) groups is 1. The van der Waals surface area contributed by atoms with E-state index in [0.717, 1.165) is 83.1 Å².